The Morgan fingerprint density at radius 3 is 2.79 bits per heavy atom. The second-order valence-corrected chi connectivity index (χ2v) is 8.09. The molecule has 2 N–H and O–H groups in total. The van der Waals surface area contributed by atoms with Crippen LogP contribution in [-0.4, -0.2) is 52.9 Å². The lowest BCUT2D eigenvalue weighted by Crippen LogP contribution is -2.36. The van der Waals surface area contributed by atoms with Gasteiger partial charge in [0.05, 0.1) is 6.54 Å². The Bertz CT molecular complexity index is 1110. The Morgan fingerprint density at radius 2 is 2.03 bits per heavy atom. The fraction of sp³-hybridized carbons (Fsp3) is 0.360. The van der Waals surface area contributed by atoms with Gasteiger partial charge in [0.15, 0.2) is 0 Å². The highest BCUT2D eigenvalue weighted by molar-refractivity contribution is 6.45. The quantitative estimate of drug-likeness (QED) is 0.477. The van der Waals surface area contributed by atoms with Gasteiger partial charge in [-0.2, -0.15) is 4.98 Å². The number of nitrogens with zero attached hydrogens (tertiary/aromatic N) is 3. The maximum Gasteiger partial charge on any atom is 0.272 e. The summed E-state index contributed by atoms with van der Waals surface area (Å²) in [5.74, 6) is 1.68. The van der Waals surface area contributed by atoms with Gasteiger partial charge >= 0.3 is 0 Å². The Balaban J connectivity index is 1.34. The number of carbonyl (C=O) groups is 1. The molecular weight excluding hydrogens is 418 g/mol. The number of ether oxygens (including phenoxy) is 1. The van der Waals surface area contributed by atoms with Crippen LogP contribution in [0.2, 0.25) is 0 Å². The summed E-state index contributed by atoms with van der Waals surface area (Å²) in [6, 6.07) is 14.9. The van der Waals surface area contributed by atoms with Gasteiger partial charge in [-0.1, -0.05) is 36.7 Å². The summed E-state index contributed by atoms with van der Waals surface area (Å²) < 4.78 is 11.4. The van der Waals surface area contributed by atoms with E-state index >= 15 is 0 Å². The van der Waals surface area contributed by atoms with Crippen LogP contribution in [0, 0.1) is 5.41 Å². The maximum atomic E-state index is 12.9. The third-order valence-corrected chi connectivity index (χ3v) is 5.74. The van der Waals surface area contributed by atoms with Crippen LogP contribution in [0.15, 0.2) is 53.1 Å². The van der Waals surface area contributed by atoms with Gasteiger partial charge in [0.2, 0.25) is 11.7 Å². The van der Waals surface area contributed by atoms with E-state index in [1.165, 1.54) is 0 Å². The lowest BCUT2D eigenvalue weighted by molar-refractivity contribution is -0.123. The molecule has 33 heavy (non-hydrogen) atoms. The molecule has 1 unspecified atom stereocenters. The Labute approximate surface area is 193 Å². The van der Waals surface area contributed by atoms with Crippen molar-refractivity contribution in [3.63, 3.8) is 0 Å². The number of para-hydroxylation sites is 1. The topological polar surface area (TPSA) is 104 Å². The largest absolute Gasteiger partial charge is 0.489 e. The summed E-state index contributed by atoms with van der Waals surface area (Å²) >= 11 is 0. The molecule has 1 amide bonds. The van der Waals surface area contributed by atoms with E-state index in [1.54, 1.807) is 18.0 Å². The van der Waals surface area contributed by atoms with Gasteiger partial charge in [-0.15, -0.1) is 0 Å². The number of anilines is 1. The normalized spacial score (nSPS) is 15.5. The third-order valence-electron chi connectivity index (χ3n) is 5.74. The molecule has 8 nitrogen and oxygen atoms in total. The van der Waals surface area contributed by atoms with E-state index in [0.29, 0.717) is 30.4 Å². The van der Waals surface area contributed by atoms with E-state index in [2.05, 4.69) is 22.4 Å². The number of benzene rings is 2. The van der Waals surface area contributed by atoms with E-state index in [-0.39, 0.29) is 17.7 Å². The molecule has 3 aromatic rings. The first-order valence-electron chi connectivity index (χ1n) is 11.3. The number of aromatic nitrogens is 2. The van der Waals surface area contributed by atoms with E-state index in [0.717, 1.165) is 42.7 Å². The number of unbranched alkanes of at least 4 members (excludes halogenated alkanes) is 1. The molecule has 1 aliphatic rings. The van der Waals surface area contributed by atoms with E-state index in [4.69, 9.17) is 14.7 Å². The van der Waals surface area contributed by atoms with Crippen molar-refractivity contribution in [1.29, 1.82) is 5.41 Å². The summed E-state index contributed by atoms with van der Waals surface area (Å²) in [7, 11) is 1.78. The lowest BCUT2D eigenvalue weighted by atomic mass is 10.1. The average molecular weight is 448 g/mol. The molecule has 0 aliphatic carbocycles. The minimum absolute atomic E-state index is 0.0108. The molecule has 1 atom stereocenters. The maximum absolute atomic E-state index is 12.9. The van der Waals surface area contributed by atoms with Gasteiger partial charge in [-0.05, 0) is 36.8 Å². The summed E-state index contributed by atoms with van der Waals surface area (Å²) in [5.41, 5.74) is 2.23. The van der Waals surface area contributed by atoms with Crippen LogP contribution < -0.4 is 10.1 Å². The zero-order valence-corrected chi connectivity index (χ0v) is 19.0. The van der Waals surface area contributed by atoms with Crippen LogP contribution in [0.4, 0.5) is 5.69 Å². The number of hydrogen-bond donors (Lipinski definition) is 2. The van der Waals surface area contributed by atoms with Crippen molar-refractivity contribution in [2.24, 2.45) is 0 Å². The summed E-state index contributed by atoms with van der Waals surface area (Å²) in [6.07, 6.45) is 3.51. The first kappa shape index (κ1) is 22.5. The zero-order chi connectivity index (χ0) is 23.2. The number of rotatable bonds is 9. The SMILES string of the molecule is CCCCc1nc(-c2ccc(OC3CCN(C(=O)C(=N)c4ccccc4NC)C3)cc2)no1. The van der Waals surface area contributed by atoms with Gasteiger partial charge in [-0.25, -0.2) is 0 Å². The molecule has 0 bridgehead atoms. The molecule has 1 aliphatic heterocycles. The predicted octanol–water partition coefficient (Wildman–Crippen LogP) is 4.17. The van der Waals surface area contributed by atoms with Crippen LogP contribution in [0.3, 0.4) is 0 Å². The second-order valence-electron chi connectivity index (χ2n) is 8.09. The zero-order valence-electron chi connectivity index (χ0n) is 19.0. The molecule has 0 saturated carbocycles. The Kier molecular flexibility index (Phi) is 7.02. The summed E-state index contributed by atoms with van der Waals surface area (Å²) in [4.78, 5) is 19.0. The van der Waals surface area contributed by atoms with Gasteiger partial charge in [-0.3, -0.25) is 10.2 Å². The number of likely N-dealkylation sites (tertiary alicyclic amines) is 1. The standard InChI is InChI=1S/C25H29N5O3/c1-3-4-9-22-28-24(29-33-22)17-10-12-18(13-11-17)32-19-14-15-30(16-19)25(31)23(26)20-7-5-6-8-21(20)27-2/h5-8,10-13,19,26-27H,3-4,9,14-16H2,1-2H3. The van der Waals surface area contributed by atoms with E-state index < -0.39 is 0 Å². The van der Waals surface area contributed by atoms with Crippen molar-refractivity contribution >= 4 is 17.3 Å². The molecule has 172 valence electrons. The molecule has 1 fully saturated rings. The number of aryl methyl sites for hydroxylation is 1. The Morgan fingerprint density at radius 1 is 1.24 bits per heavy atom. The number of amides is 1. The molecule has 1 saturated heterocycles. The summed E-state index contributed by atoms with van der Waals surface area (Å²) in [5, 5.41) is 15.5. The first-order valence-corrected chi connectivity index (χ1v) is 11.3. The Hall–Kier alpha value is -3.68. The highest BCUT2D eigenvalue weighted by Crippen LogP contribution is 2.24. The predicted molar refractivity (Wildman–Crippen MR) is 127 cm³/mol. The third kappa shape index (κ3) is 5.22. The molecule has 2 heterocycles. The first-order chi connectivity index (χ1) is 16.1. The van der Waals surface area contributed by atoms with Crippen molar-refractivity contribution in [3.8, 4) is 17.1 Å². The van der Waals surface area contributed by atoms with Crippen LogP contribution >= 0.6 is 0 Å². The van der Waals surface area contributed by atoms with Gasteiger partial charge < -0.3 is 19.5 Å². The van der Waals surface area contributed by atoms with E-state index in [9.17, 15) is 4.79 Å². The van der Waals surface area contributed by atoms with Crippen LogP contribution in [0.5, 0.6) is 5.75 Å². The van der Waals surface area contributed by atoms with Crippen molar-refractivity contribution < 1.29 is 14.1 Å². The average Bonchev–Trinajstić information content (AvgIpc) is 3.52. The van der Waals surface area contributed by atoms with Crippen LogP contribution in [0.1, 0.15) is 37.6 Å². The summed E-state index contributed by atoms with van der Waals surface area (Å²) in [6.45, 7) is 3.15. The van der Waals surface area contributed by atoms with Crippen LogP contribution in [-0.2, 0) is 11.2 Å². The van der Waals surface area contributed by atoms with Crippen molar-refractivity contribution in [2.45, 2.75) is 38.7 Å². The van der Waals surface area contributed by atoms with Crippen molar-refractivity contribution in [3.05, 3.63) is 60.0 Å². The molecule has 0 radical (unpaired) electrons. The number of nitrogens with one attached hydrogen (secondary N) is 2. The van der Waals surface area contributed by atoms with E-state index in [1.807, 2.05) is 42.5 Å². The van der Waals surface area contributed by atoms with Gasteiger partial charge in [0.1, 0.15) is 17.6 Å². The minimum atomic E-state index is -0.282. The number of hydrogen-bond acceptors (Lipinski definition) is 7. The fourth-order valence-corrected chi connectivity index (χ4v) is 3.88. The molecule has 4 rings (SSSR count). The highest BCUT2D eigenvalue weighted by atomic mass is 16.5. The minimum Gasteiger partial charge on any atom is -0.489 e. The molecule has 8 heteroatoms. The van der Waals surface area contributed by atoms with Crippen molar-refractivity contribution in [1.82, 2.24) is 15.0 Å². The monoisotopic (exact) mass is 447 g/mol. The molecule has 0 spiro atoms. The van der Waals surface area contributed by atoms with Gasteiger partial charge in [0.25, 0.3) is 5.91 Å². The van der Waals surface area contributed by atoms with Crippen molar-refractivity contribution in [2.75, 3.05) is 25.5 Å². The molecule has 1 aromatic heterocycles. The van der Waals surface area contributed by atoms with Gasteiger partial charge in [0, 0.05) is 43.2 Å². The smallest absolute Gasteiger partial charge is 0.272 e. The molecular formula is C25H29N5O3. The highest BCUT2D eigenvalue weighted by Gasteiger charge is 2.30. The second kappa shape index (κ2) is 10.3. The fourth-order valence-electron chi connectivity index (χ4n) is 3.88. The van der Waals surface area contributed by atoms with Crippen LogP contribution in [0.25, 0.3) is 11.4 Å². The lowest BCUT2D eigenvalue weighted by Gasteiger charge is -2.19. The number of carbonyl (C=O) groups excluding carboxylic acids is 1. The molecule has 2 aromatic carbocycles.